The Balaban J connectivity index is 2.63. The fourth-order valence-electron chi connectivity index (χ4n) is 1.33. The Kier molecular flexibility index (Phi) is 2.41. The SMILES string of the molecule is Fc1cc(-c2c(F)cccc2F)ccn1. The minimum absolute atomic E-state index is 0.137. The Morgan fingerprint density at radius 3 is 2.20 bits per heavy atom. The third-order valence-corrected chi connectivity index (χ3v) is 1.98. The van der Waals surface area contributed by atoms with Crippen LogP contribution in [0.3, 0.4) is 0 Å². The predicted octanol–water partition coefficient (Wildman–Crippen LogP) is 3.17. The van der Waals surface area contributed by atoms with Crippen molar-refractivity contribution in [3.05, 3.63) is 54.1 Å². The smallest absolute Gasteiger partial charge is 0.213 e. The molecule has 2 rings (SSSR count). The summed E-state index contributed by atoms with van der Waals surface area (Å²) in [5, 5.41) is 0. The van der Waals surface area contributed by atoms with Crippen LogP contribution in [-0.2, 0) is 0 Å². The number of aromatic nitrogens is 1. The summed E-state index contributed by atoms with van der Waals surface area (Å²) < 4.78 is 39.3. The van der Waals surface area contributed by atoms with Gasteiger partial charge in [-0.2, -0.15) is 4.39 Å². The van der Waals surface area contributed by atoms with Gasteiger partial charge in [-0.05, 0) is 23.8 Å². The van der Waals surface area contributed by atoms with E-state index in [1.807, 2.05) is 0 Å². The average molecular weight is 209 g/mol. The molecule has 0 radical (unpaired) electrons. The number of benzene rings is 1. The minimum Gasteiger partial charge on any atom is -0.228 e. The molecule has 0 unspecified atom stereocenters. The maximum absolute atomic E-state index is 13.3. The zero-order chi connectivity index (χ0) is 10.8. The molecule has 0 saturated heterocycles. The molecular weight excluding hydrogens is 203 g/mol. The summed E-state index contributed by atoms with van der Waals surface area (Å²) in [4.78, 5) is 3.31. The molecule has 0 bridgehead atoms. The van der Waals surface area contributed by atoms with Crippen LogP contribution < -0.4 is 0 Å². The number of rotatable bonds is 1. The van der Waals surface area contributed by atoms with E-state index in [4.69, 9.17) is 0 Å². The molecular formula is C11H6F3N. The Labute approximate surface area is 84.2 Å². The van der Waals surface area contributed by atoms with Gasteiger partial charge in [0.1, 0.15) is 11.6 Å². The molecule has 0 aliphatic carbocycles. The topological polar surface area (TPSA) is 12.9 Å². The van der Waals surface area contributed by atoms with Crippen LogP contribution in [0.1, 0.15) is 0 Å². The van der Waals surface area contributed by atoms with E-state index >= 15 is 0 Å². The monoisotopic (exact) mass is 209 g/mol. The van der Waals surface area contributed by atoms with Gasteiger partial charge >= 0.3 is 0 Å². The summed E-state index contributed by atoms with van der Waals surface area (Å²) in [6, 6.07) is 5.84. The zero-order valence-electron chi connectivity index (χ0n) is 7.55. The lowest BCUT2D eigenvalue weighted by molar-refractivity contribution is 0.579. The van der Waals surface area contributed by atoms with Crippen LogP contribution in [0.4, 0.5) is 13.2 Å². The highest BCUT2D eigenvalue weighted by molar-refractivity contribution is 5.64. The molecule has 0 spiro atoms. The average Bonchev–Trinajstić information content (AvgIpc) is 2.17. The third kappa shape index (κ3) is 1.83. The first-order valence-corrected chi connectivity index (χ1v) is 4.24. The number of hydrogen-bond donors (Lipinski definition) is 0. The fourth-order valence-corrected chi connectivity index (χ4v) is 1.33. The highest BCUT2D eigenvalue weighted by Crippen LogP contribution is 2.25. The van der Waals surface area contributed by atoms with Crippen molar-refractivity contribution in [2.45, 2.75) is 0 Å². The lowest BCUT2D eigenvalue weighted by atomic mass is 10.1. The van der Waals surface area contributed by atoms with Crippen molar-refractivity contribution in [2.24, 2.45) is 0 Å². The van der Waals surface area contributed by atoms with Gasteiger partial charge in [-0.25, -0.2) is 13.8 Å². The van der Waals surface area contributed by atoms with Crippen molar-refractivity contribution < 1.29 is 13.2 Å². The van der Waals surface area contributed by atoms with E-state index in [0.717, 1.165) is 24.4 Å². The molecule has 76 valence electrons. The second-order valence-corrected chi connectivity index (χ2v) is 2.96. The predicted molar refractivity (Wildman–Crippen MR) is 49.5 cm³/mol. The van der Waals surface area contributed by atoms with Crippen LogP contribution in [0.25, 0.3) is 11.1 Å². The molecule has 0 fully saturated rings. The van der Waals surface area contributed by atoms with Crippen molar-refractivity contribution in [1.82, 2.24) is 4.98 Å². The lowest BCUT2D eigenvalue weighted by Gasteiger charge is -2.04. The third-order valence-electron chi connectivity index (χ3n) is 1.98. The molecule has 0 amide bonds. The summed E-state index contributed by atoms with van der Waals surface area (Å²) in [5.74, 6) is -2.21. The number of halogens is 3. The van der Waals surface area contributed by atoms with Crippen LogP contribution in [-0.4, -0.2) is 4.98 Å². The van der Waals surface area contributed by atoms with E-state index in [2.05, 4.69) is 4.98 Å². The molecule has 0 aliphatic rings. The molecule has 4 heteroatoms. The molecule has 0 saturated carbocycles. The van der Waals surface area contributed by atoms with Crippen molar-refractivity contribution in [3.8, 4) is 11.1 Å². The van der Waals surface area contributed by atoms with Gasteiger partial charge in [-0.3, -0.25) is 0 Å². The van der Waals surface area contributed by atoms with Crippen LogP contribution in [0, 0.1) is 17.6 Å². The maximum Gasteiger partial charge on any atom is 0.213 e. The van der Waals surface area contributed by atoms with Crippen LogP contribution >= 0.6 is 0 Å². The van der Waals surface area contributed by atoms with Gasteiger partial charge < -0.3 is 0 Å². The summed E-state index contributed by atoms with van der Waals surface area (Å²) in [7, 11) is 0. The zero-order valence-corrected chi connectivity index (χ0v) is 7.55. The highest BCUT2D eigenvalue weighted by atomic mass is 19.1. The first-order chi connectivity index (χ1) is 7.18. The van der Waals surface area contributed by atoms with E-state index in [9.17, 15) is 13.2 Å². The summed E-state index contributed by atoms with van der Waals surface area (Å²) in [5.41, 5.74) is -0.100. The van der Waals surface area contributed by atoms with Crippen LogP contribution in [0.15, 0.2) is 36.5 Å². The van der Waals surface area contributed by atoms with Crippen molar-refractivity contribution >= 4 is 0 Å². The van der Waals surface area contributed by atoms with Gasteiger partial charge in [0.05, 0.1) is 5.56 Å². The molecule has 1 aromatic carbocycles. The summed E-state index contributed by atoms with van der Waals surface area (Å²) >= 11 is 0. The van der Waals surface area contributed by atoms with E-state index in [1.54, 1.807) is 0 Å². The summed E-state index contributed by atoms with van der Waals surface area (Å²) in [6.45, 7) is 0. The first-order valence-electron chi connectivity index (χ1n) is 4.24. The van der Waals surface area contributed by atoms with Crippen molar-refractivity contribution in [2.75, 3.05) is 0 Å². The summed E-state index contributed by atoms with van der Waals surface area (Å²) in [6.07, 6.45) is 1.16. The molecule has 2 aromatic rings. The van der Waals surface area contributed by atoms with Crippen LogP contribution in [0.5, 0.6) is 0 Å². The van der Waals surface area contributed by atoms with Gasteiger partial charge in [0.15, 0.2) is 0 Å². The fraction of sp³-hybridized carbons (Fsp3) is 0. The van der Waals surface area contributed by atoms with Gasteiger partial charge in [0.2, 0.25) is 5.95 Å². The van der Waals surface area contributed by atoms with Gasteiger partial charge in [0, 0.05) is 12.3 Å². The van der Waals surface area contributed by atoms with E-state index in [0.29, 0.717) is 0 Å². The van der Waals surface area contributed by atoms with Crippen molar-refractivity contribution in [1.29, 1.82) is 0 Å². The molecule has 0 atom stereocenters. The first kappa shape index (κ1) is 9.71. The maximum atomic E-state index is 13.3. The quantitative estimate of drug-likeness (QED) is 0.657. The van der Waals surface area contributed by atoms with E-state index in [-0.39, 0.29) is 11.1 Å². The minimum atomic E-state index is -0.768. The van der Waals surface area contributed by atoms with Gasteiger partial charge in [-0.1, -0.05) is 6.07 Å². The van der Waals surface area contributed by atoms with E-state index < -0.39 is 17.6 Å². The Hall–Kier alpha value is -1.84. The molecule has 15 heavy (non-hydrogen) atoms. The Morgan fingerprint density at radius 2 is 1.60 bits per heavy atom. The molecule has 0 aliphatic heterocycles. The van der Waals surface area contributed by atoms with Gasteiger partial charge in [0.25, 0.3) is 0 Å². The second-order valence-electron chi connectivity index (χ2n) is 2.96. The molecule has 1 heterocycles. The molecule has 1 aromatic heterocycles. The highest BCUT2D eigenvalue weighted by Gasteiger charge is 2.11. The Morgan fingerprint density at radius 1 is 0.933 bits per heavy atom. The van der Waals surface area contributed by atoms with Crippen LogP contribution in [0.2, 0.25) is 0 Å². The van der Waals surface area contributed by atoms with Crippen molar-refractivity contribution in [3.63, 3.8) is 0 Å². The largest absolute Gasteiger partial charge is 0.228 e. The van der Waals surface area contributed by atoms with Gasteiger partial charge in [-0.15, -0.1) is 0 Å². The number of nitrogens with zero attached hydrogens (tertiary/aromatic N) is 1. The number of pyridine rings is 1. The molecule has 0 N–H and O–H groups in total. The Bertz CT molecular complexity index is 477. The standard InChI is InChI=1S/C11H6F3N/c12-8-2-1-3-9(13)11(8)7-4-5-15-10(14)6-7/h1-6H. The normalized spacial score (nSPS) is 10.3. The lowest BCUT2D eigenvalue weighted by Crippen LogP contribution is -1.91. The second kappa shape index (κ2) is 3.73. The number of hydrogen-bond acceptors (Lipinski definition) is 1. The molecule has 1 nitrogen and oxygen atoms in total. The van der Waals surface area contributed by atoms with E-state index in [1.165, 1.54) is 12.1 Å².